The number of carbonyl (C=O) groups excluding carboxylic acids is 1. The van der Waals surface area contributed by atoms with E-state index in [-0.39, 0.29) is 11.0 Å². The first-order valence-electron chi connectivity index (χ1n) is 8.58. The highest BCUT2D eigenvalue weighted by atomic mass is 32.1. The molecule has 1 amide bonds. The van der Waals surface area contributed by atoms with Crippen molar-refractivity contribution in [1.82, 2.24) is 10.3 Å². The van der Waals surface area contributed by atoms with Gasteiger partial charge in [0, 0.05) is 17.7 Å². The first-order valence-corrected chi connectivity index (χ1v) is 8.99. The maximum atomic E-state index is 11.4. The van der Waals surface area contributed by atoms with E-state index in [9.17, 15) is 4.79 Å². The van der Waals surface area contributed by atoms with Crippen LogP contribution >= 0.6 is 12.2 Å². The molecule has 1 aromatic heterocycles. The average molecular weight is 367 g/mol. The van der Waals surface area contributed by atoms with Crippen LogP contribution in [-0.2, 0) is 4.79 Å². The molecule has 2 N–H and O–H groups in total. The van der Waals surface area contributed by atoms with E-state index in [4.69, 9.17) is 16.6 Å². The van der Waals surface area contributed by atoms with Gasteiger partial charge in [0.05, 0.1) is 0 Å². The van der Waals surface area contributed by atoms with Crippen molar-refractivity contribution in [1.29, 1.82) is 0 Å². The number of carbonyl (C=O) groups is 1. The highest BCUT2D eigenvalue weighted by molar-refractivity contribution is 7.80. The zero-order valence-corrected chi connectivity index (χ0v) is 15.8. The summed E-state index contributed by atoms with van der Waals surface area (Å²) in [4.78, 5) is 16.0. The van der Waals surface area contributed by atoms with Gasteiger partial charge in [0.25, 0.3) is 0 Å². The van der Waals surface area contributed by atoms with Crippen LogP contribution in [0.15, 0.2) is 46.9 Å². The van der Waals surface area contributed by atoms with Crippen LogP contribution in [0.1, 0.15) is 38.7 Å². The normalized spacial score (nSPS) is 10.9. The summed E-state index contributed by atoms with van der Waals surface area (Å²) in [5.74, 6) is 0.935. The summed E-state index contributed by atoms with van der Waals surface area (Å²) in [7, 11) is 0. The maximum absolute atomic E-state index is 11.4. The second-order valence-corrected chi connectivity index (χ2v) is 6.74. The van der Waals surface area contributed by atoms with Gasteiger partial charge < -0.3 is 15.1 Å². The molecule has 0 saturated carbocycles. The van der Waals surface area contributed by atoms with E-state index >= 15 is 0 Å². The number of anilines is 1. The van der Waals surface area contributed by atoms with Gasteiger partial charge in [-0.1, -0.05) is 32.9 Å². The fourth-order valence-electron chi connectivity index (χ4n) is 2.52. The molecule has 0 aliphatic rings. The third kappa shape index (κ3) is 4.08. The second kappa shape index (κ2) is 7.66. The van der Waals surface area contributed by atoms with Crippen molar-refractivity contribution in [2.45, 2.75) is 33.1 Å². The zero-order valence-electron chi connectivity index (χ0n) is 15.0. The Morgan fingerprint density at radius 2 is 1.92 bits per heavy atom. The Hall–Kier alpha value is -2.73. The van der Waals surface area contributed by atoms with Crippen LogP contribution in [0.3, 0.4) is 0 Å². The van der Waals surface area contributed by atoms with Gasteiger partial charge in [0.1, 0.15) is 5.52 Å². The summed E-state index contributed by atoms with van der Waals surface area (Å²) < 4.78 is 5.85. The lowest BCUT2D eigenvalue weighted by Crippen LogP contribution is -2.33. The highest BCUT2D eigenvalue weighted by Crippen LogP contribution is 2.27. The molecule has 0 atom stereocenters. The maximum Gasteiger partial charge on any atom is 0.227 e. The lowest BCUT2D eigenvalue weighted by Gasteiger charge is -2.08. The number of nitrogens with zero attached hydrogens (tertiary/aromatic N) is 1. The van der Waals surface area contributed by atoms with Crippen LogP contribution in [-0.4, -0.2) is 16.0 Å². The molecule has 0 aliphatic heterocycles. The van der Waals surface area contributed by atoms with Crippen molar-refractivity contribution >= 4 is 40.0 Å². The van der Waals surface area contributed by atoms with Gasteiger partial charge in [-0.2, -0.15) is 0 Å². The van der Waals surface area contributed by atoms with Crippen LogP contribution in [0.2, 0.25) is 0 Å². The highest BCUT2D eigenvalue weighted by Gasteiger charge is 2.10. The van der Waals surface area contributed by atoms with E-state index in [0.717, 1.165) is 16.8 Å². The number of aromatic nitrogens is 1. The lowest BCUT2D eigenvalue weighted by molar-refractivity contribution is -0.119. The van der Waals surface area contributed by atoms with E-state index in [0.29, 0.717) is 23.8 Å². The minimum Gasteiger partial charge on any atom is -0.436 e. The molecule has 0 spiro atoms. The largest absolute Gasteiger partial charge is 0.436 e. The molecular formula is C20H21N3O2S. The van der Waals surface area contributed by atoms with Crippen molar-refractivity contribution in [2.75, 3.05) is 5.32 Å². The van der Waals surface area contributed by atoms with Crippen molar-refractivity contribution in [2.24, 2.45) is 0 Å². The average Bonchev–Trinajstić information content (AvgIpc) is 3.04. The molecule has 3 aromatic rings. The molecule has 2 aromatic carbocycles. The Bertz CT molecular complexity index is 945. The van der Waals surface area contributed by atoms with E-state index in [2.05, 4.69) is 41.6 Å². The number of fused-ring (bicyclic) bond motifs is 1. The Labute approximate surface area is 157 Å². The molecule has 0 fully saturated rings. The summed E-state index contributed by atoms with van der Waals surface area (Å²) in [6.45, 7) is 6.10. The van der Waals surface area contributed by atoms with E-state index in [1.165, 1.54) is 5.56 Å². The Kier molecular flexibility index (Phi) is 5.32. The number of benzene rings is 2. The van der Waals surface area contributed by atoms with Crippen LogP contribution in [0.4, 0.5) is 5.69 Å². The number of thiocarbonyl (C=S) groups is 1. The first kappa shape index (κ1) is 18.1. The summed E-state index contributed by atoms with van der Waals surface area (Å²) in [6.07, 6.45) is 0.378. The first-order chi connectivity index (χ1) is 12.5. The SMILES string of the molecule is CCC(=O)NC(=S)Nc1ccc2oc(-c3ccc(C(C)C)cc3)nc2c1. The zero-order chi connectivity index (χ0) is 18.7. The van der Waals surface area contributed by atoms with Crippen LogP contribution < -0.4 is 10.6 Å². The van der Waals surface area contributed by atoms with Gasteiger partial charge in [0.15, 0.2) is 10.7 Å². The standard InChI is InChI=1S/C20H21N3O2S/c1-4-18(24)23-20(26)21-15-9-10-17-16(11-15)22-19(25-17)14-7-5-13(6-8-14)12(2)3/h5-12H,4H2,1-3H3,(H2,21,23,24,26). The van der Waals surface area contributed by atoms with Crippen LogP contribution in [0, 0.1) is 0 Å². The van der Waals surface area contributed by atoms with Gasteiger partial charge in [-0.3, -0.25) is 4.79 Å². The molecule has 0 saturated heterocycles. The molecule has 26 heavy (non-hydrogen) atoms. The van der Waals surface area contributed by atoms with Crippen LogP contribution in [0.5, 0.6) is 0 Å². The molecule has 0 aliphatic carbocycles. The quantitative estimate of drug-likeness (QED) is 0.646. The summed E-state index contributed by atoms with van der Waals surface area (Å²) in [6, 6.07) is 13.7. The summed E-state index contributed by atoms with van der Waals surface area (Å²) in [5, 5.41) is 5.86. The number of nitrogens with one attached hydrogen (secondary N) is 2. The van der Waals surface area contributed by atoms with Crippen LogP contribution in [0.25, 0.3) is 22.6 Å². The number of oxazole rings is 1. The number of rotatable bonds is 4. The number of amides is 1. The van der Waals surface area contributed by atoms with E-state index in [1.807, 2.05) is 30.3 Å². The third-order valence-electron chi connectivity index (χ3n) is 4.04. The van der Waals surface area contributed by atoms with Gasteiger partial charge in [-0.05, 0) is 54.0 Å². The van der Waals surface area contributed by atoms with Gasteiger partial charge in [-0.15, -0.1) is 0 Å². The molecule has 3 rings (SSSR count). The minimum absolute atomic E-state index is 0.128. The van der Waals surface area contributed by atoms with E-state index < -0.39 is 0 Å². The third-order valence-corrected chi connectivity index (χ3v) is 4.25. The van der Waals surface area contributed by atoms with E-state index in [1.54, 1.807) is 6.92 Å². The fourth-order valence-corrected chi connectivity index (χ4v) is 2.75. The smallest absolute Gasteiger partial charge is 0.227 e. The number of hydrogen-bond acceptors (Lipinski definition) is 4. The minimum atomic E-state index is -0.128. The molecule has 0 unspecified atom stereocenters. The predicted molar refractivity (Wildman–Crippen MR) is 108 cm³/mol. The Morgan fingerprint density at radius 1 is 1.19 bits per heavy atom. The lowest BCUT2D eigenvalue weighted by atomic mass is 10.0. The predicted octanol–water partition coefficient (Wildman–Crippen LogP) is 4.84. The molecule has 5 nitrogen and oxygen atoms in total. The molecule has 1 heterocycles. The Morgan fingerprint density at radius 3 is 2.58 bits per heavy atom. The van der Waals surface area contributed by atoms with Gasteiger partial charge in [-0.25, -0.2) is 4.98 Å². The number of hydrogen-bond donors (Lipinski definition) is 2. The van der Waals surface area contributed by atoms with Crippen molar-refractivity contribution in [3.8, 4) is 11.5 Å². The van der Waals surface area contributed by atoms with Gasteiger partial charge >= 0.3 is 0 Å². The molecular weight excluding hydrogens is 346 g/mol. The summed E-state index contributed by atoms with van der Waals surface area (Å²) >= 11 is 5.13. The van der Waals surface area contributed by atoms with Crippen molar-refractivity contribution in [3.63, 3.8) is 0 Å². The second-order valence-electron chi connectivity index (χ2n) is 6.33. The van der Waals surface area contributed by atoms with Crippen molar-refractivity contribution < 1.29 is 9.21 Å². The molecule has 6 heteroatoms. The molecule has 0 bridgehead atoms. The fraction of sp³-hybridized carbons (Fsp3) is 0.250. The monoisotopic (exact) mass is 367 g/mol. The molecule has 134 valence electrons. The Balaban J connectivity index is 1.81. The topological polar surface area (TPSA) is 67.2 Å². The summed E-state index contributed by atoms with van der Waals surface area (Å²) in [5.41, 5.74) is 4.38. The van der Waals surface area contributed by atoms with Gasteiger partial charge in [0.2, 0.25) is 11.8 Å². The molecule has 0 radical (unpaired) electrons. The van der Waals surface area contributed by atoms with Crippen molar-refractivity contribution in [3.05, 3.63) is 48.0 Å².